The van der Waals surface area contributed by atoms with Crippen LogP contribution in [0.2, 0.25) is 0 Å². The highest BCUT2D eigenvalue weighted by Crippen LogP contribution is 2.31. The number of rotatable bonds is 7. The van der Waals surface area contributed by atoms with Crippen LogP contribution in [0.5, 0.6) is 5.75 Å². The van der Waals surface area contributed by atoms with Crippen LogP contribution in [-0.2, 0) is 26.0 Å². The van der Waals surface area contributed by atoms with Crippen molar-refractivity contribution in [1.29, 1.82) is 0 Å². The molecule has 0 aliphatic carbocycles. The van der Waals surface area contributed by atoms with Gasteiger partial charge in [-0.1, -0.05) is 6.07 Å². The number of aromatic nitrogens is 4. The van der Waals surface area contributed by atoms with Gasteiger partial charge in [0.2, 0.25) is 0 Å². The lowest BCUT2D eigenvalue weighted by Crippen LogP contribution is -2.25. The Morgan fingerprint density at radius 2 is 2.07 bits per heavy atom. The van der Waals surface area contributed by atoms with E-state index in [-0.39, 0.29) is 24.1 Å². The fourth-order valence-electron chi connectivity index (χ4n) is 2.51. The first-order chi connectivity index (χ1) is 13.4. The van der Waals surface area contributed by atoms with E-state index in [1.165, 1.54) is 29.1 Å². The summed E-state index contributed by atoms with van der Waals surface area (Å²) in [5.41, 5.74) is 0.246. The van der Waals surface area contributed by atoms with E-state index in [4.69, 9.17) is 4.74 Å². The average Bonchev–Trinajstić information content (AvgIpc) is 3.33. The van der Waals surface area contributed by atoms with Gasteiger partial charge in [0.1, 0.15) is 11.4 Å². The molecule has 0 aliphatic rings. The van der Waals surface area contributed by atoms with Crippen LogP contribution in [0, 0.1) is 0 Å². The molecule has 10 heteroatoms. The number of carbonyl (C=O) groups is 1. The molecule has 3 aromatic rings. The molecule has 2 aromatic heterocycles. The highest BCUT2D eigenvalue weighted by molar-refractivity contribution is 5.92. The number of halogens is 3. The van der Waals surface area contributed by atoms with E-state index < -0.39 is 11.7 Å². The summed E-state index contributed by atoms with van der Waals surface area (Å²) < 4.78 is 46.6. The summed E-state index contributed by atoms with van der Waals surface area (Å²) in [6.07, 6.45) is -1.27. The van der Waals surface area contributed by atoms with E-state index in [2.05, 4.69) is 15.5 Å². The van der Waals surface area contributed by atoms with Gasteiger partial charge in [0.05, 0.1) is 17.8 Å². The number of hydrogen-bond donors (Lipinski definition) is 1. The Hall–Kier alpha value is -3.30. The van der Waals surface area contributed by atoms with Gasteiger partial charge in [0.15, 0.2) is 6.73 Å². The average molecular weight is 393 g/mol. The second-order valence-corrected chi connectivity index (χ2v) is 5.86. The molecule has 0 radical (unpaired) electrons. The zero-order valence-corrected chi connectivity index (χ0v) is 15.0. The topological polar surface area (TPSA) is 74.0 Å². The second kappa shape index (κ2) is 8.15. The fraction of sp³-hybridized carbons (Fsp3) is 0.278. The Labute approximate surface area is 158 Å². The summed E-state index contributed by atoms with van der Waals surface area (Å²) in [7, 11) is 0. The smallest absolute Gasteiger partial charge is 0.416 e. The van der Waals surface area contributed by atoms with Crippen molar-refractivity contribution >= 4 is 5.91 Å². The minimum Gasteiger partial charge on any atom is -0.471 e. The number of carbonyl (C=O) groups excluding carboxylic acids is 1. The molecule has 0 aliphatic heterocycles. The summed E-state index contributed by atoms with van der Waals surface area (Å²) in [5.74, 6) is -0.314. The quantitative estimate of drug-likeness (QED) is 0.670. The van der Waals surface area contributed by atoms with E-state index in [1.807, 2.05) is 13.0 Å². The monoisotopic (exact) mass is 393 g/mol. The first-order valence-corrected chi connectivity index (χ1v) is 8.49. The van der Waals surface area contributed by atoms with Crippen LogP contribution in [0.1, 0.15) is 28.7 Å². The Bertz CT molecular complexity index is 949. The first-order valence-electron chi connectivity index (χ1n) is 8.49. The van der Waals surface area contributed by atoms with Gasteiger partial charge in [0, 0.05) is 18.9 Å². The third-order valence-corrected chi connectivity index (χ3v) is 3.93. The number of ether oxygens (including phenoxy) is 1. The molecule has 0 bridgehead atoms. The summed E-state index contributed by atoms with van der Waals surface area (Å²) in [6.45, 7) is 2.82. The molecule has 1 N–H and O–H groups in total. The molecule has 1 amide bonds. The standard InChI is InChI=1S/C18H18F3N5O2/c1-2-26-14(6-8-23-26)11-22-17(27)16-7-9-25(24-16)12-28-15-5-3-4-13(10-15)18(19,20)21/h3-10H,2,11-12H2,1H3,(H,22,27). The van der Waals surface area contributed by atoms with E-state index in [1.54, 1.807) is 10.9 Å². The van der Waals surface area contributed by atoms with E-state index >= 15 is 0 Å². The van der Waals surface area contributed by atoms with Gasteiger partial charge >= 0.3 is 6.18 Å². The van der Waals surface area contributed by atoms with Crippen molar-refractivity contribution in [3.8, 4) is 5.75 Å². The van der Waals surface area contributed by atoms with Crippen molar-refractivity contribution in [1.82, 2.24) is 24.9 Å². The van der Waals surface area contributed by atoms with Gasteiger partial charge in [-0.25, -0.2) is 4.68 Å². The van der Waals surface area contributed by atoms with Gasteiger partial charge in [0.25, 0.3) is 5.91 Å². The Balaban J connectivity index is 1.56. The van der Waals surface area contributed by atoms with Crippen LogP contribution < -0.4 is 10.1 Å². The van der Waals surface area contributed by atoms with Crippen molar-refractivity contribution < 1.29 is 22.7 Å². The number of nitrogens with zero attached hydrogens (tertiary/aromatic N) is 4. The second-order valence-electron chi connectivity index (χ2n) is 5.86. The molecule has 0 fully saturated rings. The molecule has 0 saturated carbocycles. The summed E-state index contributed by atoms with van der Waals surface area (Å²) in [5, 5.41) is 10.9. The summed E-state index contributed by atoms with van der Waals surface area (Å²) in [4.78, 5) is 12.2. The minimum atomic E-state index is -4.44. The van der Waals surface area contributed by atoms with Gasteiger partial charge in [-0.05, 0) is 37.3 Å². The van der Waals surface area contributed by atoms with Crippen LogP contribution >= 0.6 is 0 Å². The van der Waals surface area contributed by atoms with E-state index in [9.17, 15) is 18.0 Å². The third-order valence-electron chi connectivity index (χ3n) is 3.93. The van der Waals surface area contributed by atoms with E-state index in [0.29, 0.717) is 13.1 Å². The number of benzene rings is 1. The minimum absolute atomic E-state index is 0.0594. The molecule has 0 saturated heterocycles. The maximum Gasteiger partial charge on any atom is 0.416 e. The summed E-state index contributed by atoms with van der Waals surface area (Å²) in [6, 6.07) is 7.87. The van der Waals surface area contributed by atoms with Gasteiger partial charge in [-0.15, -0.1) is 0 Å². The van der Waals surface area contributed by atoms with Crippen LogP contribution in [0.4, 0.5) is 13.2 Å². The third kappa shape index (κ3) is 4.70. The Morgan fingerprint density at radius 3 is 2.82 bits per heavy atom. The molecule has 0 unspecified atom stereocenters. The predicted octanol–water partition coefficient (Wildman–Crippen LogP) is 3.08. The van der Waals surface area contributed by atoms with Crippen LogP contribution in [0.3, 0.4) is 0 Å². The zero-order chi connectivity index (χ0) is 20.1. The molecular formula is C18H18F3N5O2. The fourth-order valence-corrected chi connectivity index (χ4v) is 2.51. The molecule has 148 valence electrons. The van der Waals surface area contributed by atoms with Gasteiger partial charge in [-0.2, -0.15) is 23.4 Å². The van der Waals surface area contributed by atoms with Crippen molar-refractivity contribution in [2.45, 2.75) is 32.9 Å². The van der Waals surface area contributed by atoms with Crippen LogP contribution in [0.15, 0.2) is 48.8 Å². The molecular weight excluding hydrogens is 375 g/mol. The first kappa shape index (κ1) is 19.5. The molecule has 0 atom stereocenters. The number of nitrogens with one attached hydrogen (secondary N) is 1. The zero-order valence-electron chi connectivity index (χ0n) is 15.0. The SMILES string of the molecule is CCn1nccc1CNC(=O)c1ccn(COc2cccc(C(F)(F)F)c2)n1. The number of amides is 1. The molecule has 2 heterocycles. The summed E-state index contributed by atoms with van der Waals surface area (Å²) >= 11 is 0. The maximum absolute atomic E-state index is 12.7. The van der Waals surface area contributed by atoms with Crippen molar-refractivity contribution in [3.05, 3.63) is 65.7 Å². The molecule has 1 aromatic carbocycles. The largest absolute Gasteiger partial charge is 0.471 e. The lowest BCUT2D eigenvalue weighted by Gasteiger charge is -2.10. The predicted molar refractivity (Wildman–Crippen MR) is 93.4 cm³/mol. The molecule has 0 spiro atoms. The van der Waals surface area contributed by atoms with Crippen molar-refractivity contribution in [3.63, 3.8) is 0 Å². The highest BCUT2D eigenvalue weighted by atomic mass is 19.4. The lowest BCUT2D eigenvalue weighted by atomic mass is 10.2. The van der Waals surface area contributed by atoms with E-state index in [0.717, 1.165) is 17.8 Å². The molecule has 3 rings (SSSR count). The van der Waals surface area contributed by atoms with Crippen molar-refractivity contribution in [2.75, 3.05) is 0 Å². The number of aryl methyl sites for hydroxylation is 1. The van der Waals surface area contributed by atoms with Crippen molar-refractivity contribution in [2.24, 2.45) is 0 Å². The van der Waals surface area contributed by atoms with Crippen LogP contribution in [-0.4, -0.2) is 25.5 Å². The normalized spacial score (nSPS) is 11.4. The Morgan fingerprint density at radius 1 is 1.25 bits per heavy atom. The Kier molecular flexibility index (Phi) is 5.67. The lowest BCUT2D eigenvalue weighted by molar-refractivity contribution is -0.137. The van der Waals surface area contributed by atoms with Gasteiger partial charge in [-0.3, -0.25) is 9.48 Å². The number of alkyl halides is 3. The van der Waals surface area contributed by atoms with Crippen LogP contribution in [0.25, 0.3) is 0 Å². The highest BCUT2D eigenvalue weighted by Gasteiger charge is 2.30. The maximum atomic E-state index is 12.7. The number of hydrogen-bond acceptors (Lipinski definition) is 4. The van der Waals surface area contributed by atoms with Gasteiger partial charge < -0.3 is 10.1 Å². The molecule has 7 nitrogen and oxygen atoms in total. The molecule has 28 heavy (non-hydrogen) atoms.